The molecule has 1 unspecified atom stereocenters. The van der Waals surface area contributed by atoms with Gasteiger partial charge in [-0.05, 0) is 54.2 Å². The molecule has 3 rings (SSSR count). The topological polar surface area (TPSA) is 66.8 Å². The maximum Gasteiger partial charge on any atom is 0.336 e. The number of ether oxygens (including phenoxy) is 1. The van der Waals surface area contributed by atoms with E-state index >= 15 is 0 Å². The number of hydrogen-bond acceptors (Lipinski definition) is 3. The van der Waals surface area contributed by atoms with E-state index in [0.29, 0.717) is 36.6 Å². The van der Waals surface area contributed by atoms with Crippen LogP contribution < -0.4 is 0 Å². The number of rotatable bonds is 5. The second-order valence-corrected chi connectivity index (χ2v) is 6.97. The van der Waals surface area contributed by atoms with Crippen LogP contribution in [0.1, 0.15) is 46.0 Å². The van der Waals surface area contributed by atoms with Crippen molar-refractivity contribution in [3.8, 4) is 0 Å². The molecule has 0 bridgehead atoms. The van der Waals surface area contributed by atoms with Crippen molar-refractivity contribution in [2.24, 2.45) is 5.92 Å². The fourth-order valence-electron chi connectivity index (χ4n) is 3.31. The van der Waals surface area contributed by atoms with Gasteiger partial charge in [-0.2, -0.15) is 0 Å². The van der Waals surface area contributed by atoms with Crippen molar-refractivity contribution in [1.82, 2.24) is 0 Å². The van der Waals surface area contributed by atoms with Crippen molar-refractivity contribution in [3.05, 3.63) is 69.5 Å². The Bertz CT molecular complexity index is 785. The summed E-state index contributed by atoms with van der Waals surface area (Å²) in [5.41, 5.74) is 1.03. The molecule has 6 heteroatoms. The predicted molar refractivity (Wildman–Crippen MR) is 96.1 cm³/mol. The van der Waals surface area contributed by atoms with Gasteiger partial charge in [0.15, 0.2) is 0 Å². The van der Waals surface area contributed by atoms with Crippen molar-refractivity contribution in [2.45, 2.75) is 25.4 Å². The molecule has 1 saturated heterocycles. The number of aromatic carboxylic acids is 1. The average molecular weight is 379 g/mol. The summed E-state index contributed by atoms with van der Waals surface area (Å²) >= 11 is 5.85. The number of benzene rings is 2. The van der Waals surface area contributed by atoms with Crippen LogP contribution in [0.2, 0.25) is 5.02 Å². The molecule has 1 aliphatic heterocycles. The minimum absolute atomic E-state index is 0.0630. The first-order valence-corrected chi connectivity index (χ1v) is 8.89. The van der Waals surface area contributed by atoms with E-state index in [1.165, 1.54) is 12.1 Å². The maximum absolute atomic E-state index is 14.7. The molecule has 138 valence electrons. The van der Waals surface area contributed by atoms with Crippen LogP contribution in [-0.4, -0.2) is 29.4 Å². The molecule has 0 aliphatic carbocycles. The molecule has 26 heavy (non-hydrogen) atoms. The normalized spacial score (nSPS) is 16.4. The van der Waals surface area contributed by atoms with Gasteiger partial charge in [-0.3, -0.25) is 0 Å². The van der Waals surface area contributed by atoms with Gasteiger partial charge in [0.1, 0.15) is 5.82 Å². The van der Waals surface area contributed by atoms with Crippen molar-refractivity contribution < 1.29 is 24.1 Å². The molecule has 0 aromatic heterocycles. The van der Waals surface area contributed by atoms with Gasteiger partial charge in [0.25, 0.3) is 0 Å². The smallest absolute Gasteiger partial charge is 0.336 e. The van der Waals surface area contributed by atoms with Crippen molar-refractivity contribution >= 4 is 17.6 Å². The molecule has 0 spiro atoms. The number of aliphatic hydroxyl groups excluding tert-OH is 1. The predicted octanol–water partition coefficient (Wildman–Crippen LogP) is 4.23. The molecule has 2 aromatic rings. The van der Waals surface area contributed by atoms with Crippen molar-refractivity contribution in [2.75, 3.05) is 13.2 Å². The summed E-state index contributed by atoms with van der Waals surface area (Å²) in [7, 11) is 0. The van der Waals surface area contributed by atoms with E-state index in [9.17, 15) is 19.4 Å². The summed E-state index contributed by atoms with van der Waals surface area (Å²) in [5.74, 6) is -1.90. The highest BCUT2D eigenvalue weighted by atomic mass is 35.5. The fourth-order valence-corrected chi connectivity index (χ4v) is 3.43. The van der Waals surface area contributed by atoms with Crippen LogP contribution in [0.15, 0.2) is 36.4 Å². The van der Waals surface area contributed by atoms with Crippen LogP contribution in [-0.2, 0) is 11.2 Å². The Labute approximate surface area is 156 Å². The Hall–Kier alpha value is -1.95. The van der Waals surface area contributed by atoms with E-state index in [2.05, 4.69) is 0 Å². The van der Waals surface area contributed by atoms with E-state index < -0.39 is 17.9 Å². The lowest BCUT2D eigenvalue weighted by Crippen LogP contribution is -2.22. The minimum Gasteiger partial charge on any atom is -0.478 e. The second-order valence-electron chi connectivity index (χ2n) is 6.53. The lowest BCUT2D eigenvalue weighted by atomic mass is 9.87. The molecule has 1 heterocycles. The molecule has 0 amide bonds. The number of hydrogen-bond donors (Lipinski definition) is 2. The Morgan fingerprint density at radius 3 is 2.50 bits per heavy atom. The van der Waals surface area contributed by atoms with Crippen LogP contribution >= 0.6 is 11.6 Å². The first kappa shape index (κ1) is 18.8. The summed E-state index contributed by atoms with van der Waals surface area (Å²) < 4.78 is 20.0. The van der Waals surface area contributed by atoms with Crippen molar-refractivity contribution in [1.29, 1.82) is 0 Å². The zero-order valence-corrected chi connectivity index (χ0v) is 14.9. The van der Waals surface area contributed by atoms with E-state index in [1.54, 1.807) is 24.3 Å². The fraction of sp³-hybridized carbons (Fsp3) is 0.350. The molecular formula is C20H20ClFO4. The average Bonchev–Trinajstić information content (AvgIpc) is 2.64. The van der Waals surface area contributed by atoms with Crippen molar-refractivity contribution in [3.63, 3.8) is 0 Å². The Kier molecular flexibility index (Phi) is 5.91. The summed E-state index contributed by atoms with van der Waals surface area (Å²) in [6, 6.07) is 9.46. The third-order valence-corrected chi connectivity index (χ3v) is 5.05. The van der Waals surface area contributed by atoms with Gasteiger partial charge in [0, 0.05) is 30.2 Å². The number of aliphatic hydroxyl groups is 1. The van der Waals surface area contributed by atoms with Gasteiger partial charge < -0.3 is 14.9 Å². The van der Waals surface area contributed by atoms with Crippen LogP contribution in [0.4, 0.5) is 4.39 Å². The highest BCUT2D eigenvalue weighted by Gasteiger charge is 2.26. The van der Waals surface area contributed by atoms with Gasteiger partial charge in [-0.25, -0.2) is 9.18 Å². The highest BCUT2D eigenvalue weighted by Crippen LogP contribution is 2.32. The van der Waals surface area contributed by atoms with E-state index in [4.69, 9.17) is 16.3 Å². The molecule has 2 aromatic carbocycles. The Morgan fingerprint density at radius 2 is 1.88 bits per heavy atom. The Balaban J connectivity index is 1.92. The van der Waals surface area contributed by atoms with Crippen LogP contribution in [0.5, 0.6) is 0 Å². The molecule has 1 aliphatic rings. The first-order valence-electron chi connectivity index (χ1n) is 8.51. The summed E-state index contributed by atoms with van der Waals surface area (Å²) in [6.07, 6.45) is 0.560. The quantitative estimate of drug-likeness (QED) is 0.817. The zero-order valence-electron chi connectivity index (χ0n) is 14.1. The summed E-state index contributed by atoms with van der Waals surface area (Å²) in [4.78, 5) is 11.7. The summed E-state index contributed by atoms with van der Waals surface area (Å²) in [5, 5.41) is 20.7. The number of halogens is 2. The van der Waals surface area contributed by atoms with Crippen LogP contribution in [0.25, 0.3) is 0 Å². The molecular weight excluding hydrogens is 359 g/mol. The number of carboxylic acids is 1. The summed E-state index contributed by atoms with van der Waals surface area (Å²) in [6.45, 7) is 1.09. The van der Waals surface area contributed by atoms with E-state index in [-0.39, 0.29) is 23.5 Å². The molecule has 4 nitrogen and oxygen atoms in total. The van der Waals surface area contributed by atoms with E-state index in [0.717, 1.165) is 5.56 Å². The molecule has 0 saturated carbocycles. The first-order chi connectivity index (χ1) is 12.5. The molecule has 1 atom stereocenters. The zero-order chi connectivity index (χ0) is 18.7. The van der Waals surface area contributed by atoms with Gasteiger partial charge in [0.2, 0.25) is 0 Å². The lowest BCUT2D eigenvalue weighted by molar-refractivity contribution is 0.00703. The lowest BCUT2D eigenvalue weighted by Gasteiger charge is -2.27. The maximum atomic E-state index is 14.7. The van der Waals surface area contributed by atoms with Crippen LogP contribution in [0.3, 0.4) is 0 Å². The third-order valence-electron chi connectivity index (χ3n) is 4.80. The number of carbonyl (C=O) groups is 1. The number of carboxylic acid groups (broad SMARTS) is 1. The Morgan fingerprint density at radius 1 is 1.23 bits per heavy atom. The monoisotopic (exact) mass is 378 g/mol. The minimum atomic E-state index is -1.21. The third kappa shape index (κ3) is 4.23. The largest absolute Gasteiger partial charge is 0.478 e. The highest BCUT2D eigenvalue weighted by molar-refractivity contribution is 6.30. The van der Waals surface area contributed by atoms with Crippen LogP contribution in [0, 0.1) is 11.7 Å². The van der Waals surface area contributed by atoms with Gasteiger partial charge >= 0.3 is 5.97 Å². The standard InChI is InChI=1S/C20H20ClFO4/c21-15-3-1-12(2-4-15)9-16-17(20(24)25)10-14(11-18(16)22)19(23)13-5-7-26-8-6-13/h1-4,10-11,13,19,23H,5-9H2,(H,24,25). The SMILES string of the molecule is O=C(O)c1cc(C(O)C2CCOCC2)cc(F)c1Cc1ccc(Cl)cc1. The van der Waals surface area contributed by atoms with Gasteiger partial charge in [0.05, 0.1) is 11.7 Å². The van der Waals surface area contributed by atoms with Gasteiger partial charge in [-0.15, -0.1) is 0 Å². The van der Waals surface area contributed by atoms with Gasteiger partial charge in [-0.1, -0.05) is 23.7 Å². The van der Waals surface area contributed by atoms with E-state index in [1.807, 2.05) is 0 Å². The molecule has 0 radical (unpaired) electrons. The molecule has 2 N–H and O–H groups in total. The molecule has 1 fully saturated rings. The second kappa shape index (κ2) is 8.16.